The number of benzene rings is 1. The molecule has 21 heavy (non-hydrogen) atoms. The summed E-state index contributed by atoms with van der Waals surface area (Å²) in [7, 11) is 0. The SMILES string of the molecule is CSC1CCCC1NC(=O)Nc1ccc(C(=O)O)c(Cl)c1. The van der Waals surface area contributed by atoms with E-state index in [4.69, 9.17) is 16.7 Å². The average Bonchev–Trinajstić information content (AvgIpc) is 2.85. The molecule has 0 aliphatic heterocycles. The van der Waals surface area contributed by atoms with Crippen LogP contribution in [0.25, 0.3) is 0 Å². The fourth-order valence-corrected chi connectivity index (χ4v) is 3.67. The maximum Gasteiger partial charge on any atom is 0.337 e. The molecule has 0 aromatic heterocycles. The molecule has 1 aliphatic carbocycles. The lowest BCUT2D eigenvalue weighted by atomic mass is 10.2. The summed E-state index contributed by atoms with van der Waals surface area (Å²) in [5.41, 5.74) is 0.488. The third-order valence-electron chi connectivity index (χ3n) is 3.53. The number of urea groups is 1. The van der Waals surface area contributed by atoms with E-state index < -0.39 is 5.97 Å². The highest BCUT2D eigenvalue weighted by Crippen LogP contribution is 2.28. The number of nitrogens with one attached hydrogen (secondary N) is 2. The van der Waals surface area contributed by atoms with Gasteiger partial charge in [0.05, 0.1) is 10.6 Å². The molecule has 1 saturated carbocycles. The van der Waals surface area contributed by atoms with Crippen LogP contribution in [0.3, 0.4) is 0 Å². The van der Waals surface area contributed by atoms with Crippen LogP contribution in [0.2, 0.25) is 5.02 Å². The Kier molecular flexibility index (Phi) is 5.36. The van der Waals surface area contributed by atoms with Crippen LogP contribution >= 0.6 is 23.4 Å². The van der Waals surface area contributed by atoms with Gasteiger partial charge in [0.1, 0.15) is 0 Å². The quantitative estimate of drug-likeness (QED) is 0.791. The van der Waals surface area contributed by atoms with Crippen LogP contribution in [0.4, 0.5) is 10.5 Å². The summed E-state index contributed by atoms with van der Waals surface area (Å²) in [5.74, 6) is -1.09. The van der Waals surface area contributed by atoms with Crippen LogP contribution < -0.4 is 10.6 Å². The number of carboxylic acids is 1. The molecule has 0 saturated heterocycles. The second-order valence-corrected chi connectivity index (χ2v) is 6.39. The van der Waals surface area contributed by atoms with Gasteiger partial charge in [-0.3, -0.25) is 0 Å². The molecule has 1 aromatic carbocycles. The molecule has 0 radical (unpaired) electrons. The molecule has 0 bridgehead atoms. The monoisotopic (exact) mass is 328 g/mol. The maximum absolute atomic E-state index is 12.0. The molecule has 0 spiro atoms. The Morgan fingerprint density at radius 3 is 2.76 bits per heavy atom. The third kappa shape index (κ3) is 4.04. The normalized spacial score (nSPS) is 21.0. The first kappa shape index (κ1) is 16.0. The molecular weight excluding hydrogens is 312 g/mol. The number of hydrogen-bond acceptors (Lipinski definition) is 3. The van der Waals surface area contributed by atoms with Gasteiger partial charge in [0.2, 0.25) is 0 Å². The zero-order valence-corrected chi connectivity index (χ0v) is 13.1. The Hall–Kier alpha value is -1.40. The molecular formula is C14H17ClN2O3S. The molecule has 2 amide bonds. The lowest BCUT2D eigenvalue weighted by molar-refractivity contribution is 0.0697. The van der Waals surface area contributed by atoms with E-state index in [0.29, 0.717) is 10.9 Å². The zero-order chi connectivity index (χ0) is 15.4. The highest BCUT2D eigenvalue weighted by Gasteiger charge is 2.27. The van der Waals surface area contributed by atoms with Crippen LogP contribution in [0.5, 0.6) is 0 Å². The number of amides is 2. The van der Waals surface area contributed by atoms with Crippen LogP contribution in [-0.4, -0.2) is 34.7 Å². The van der Waals surface area contributed by atoms with Gasteiger partial charge in [-0.1, -0.05) is 18.0 Å². The fourth-order valence-electron chi connectivity index (χ4n) is 2.48. The van der Waals surface area contributed by atoms with Gasteiger partial charge in [-0.15, -0.1) is 0 Å². The summed E-state index contributed by atoms with van der Waals surface area (Å²) in [5, 5.41) is 15.1. The topological polar surface area (TPSA) is 78.4 Å². The van der Waals surface area contributed by atoms with Gasteiger partial charge >= 0.3 is 12.0 Å². The number of halogens is 1. The number of anilines is 1. The Balaban J connectivity index is 1.96. The van der Waals surface area contributed by atoms with Crippen molar-refractivity contribution < 1.29 is 14.7 Å². The largest absolute Gasteiger partial charge is 0.478 e. The highest BCUT2D eigenvalue weighted by molar-refractivity contribution is 7.99. The van der Waals surface area contributed by atoms with Crippen molar-refractivity contribution in [3.8, 4) is 0 Å². The summed E-state index contributed by atoms with van der Waals surface area (Å²) >= 11 is 7.64. The first-order valence-corrected chi connectivity index (χ1v) is 8.31. The molecule has 7 heteroatoms. The van der Waals surface area contributed by atoms with Gasteiger partial charge in [0.25, 0.3) is 0 Å². The smallest absolute Gasteiger partial charge is 0.337 e. The van der Waals surface area contributed by atoms with Gasteiger partial charge in [-0.25, -0.2) is 9.59 Å². The number of aromatic carboxylic acids is 1. The van der Waals surface area contributed by atoms with Crippen LogP contribution in [-0.2, 0) is 0 Å². The van der Waals surface area contributed by atoms with Crippen molar-refractivity contribution in [2.45, 2.75) is 30.6 Å². The Labute approximate surface area is 132 Å². The predicted molar refractivity (Wildman–Crippen MR) is 85.5 cm³/mol. The lowest BCUT2D eigenvalue weighted by Crippen LogP contribution is -2.41. The Morgan fingerprint density at radius 1 is 1.38 bits per heavy atom. The first-order chi connectivity index (χ1) is 10.0. The zero-order valence-electron chi connectivity index (χ0n) is 11.6. The minimum Gasteiger partial charge on any atom is -0.478 e. The van der Waals surface area contributed by atoms with Gasteiger partial charge in [0.15, 0.2) is 0 Å². The highest BCUT2D eigenvalue weighted by atomic mass is 35.5. The maximum atomic E-state index is 12.0. The lowest BCUT2D eigenvalue weighted by Gasteiger charge is -2.19. The number of hydrogen-bond donors (Lipinski definition) is 3. The summed E-state index contributed by atoms with van der Waals surface area (Å²) in [4.78, 5) is 22.8. The van der Waals surface area contributed by atoms with Gasteiger partial charge in [0, 0.05) is 17.0 Å². The number of carboxylic acid groups (broad SMARTS) is 1. The molecule has 1 fully saturated rings. The van der Waals surface area contributed by atoms with E-state index in [1.807, 2.05) is 6.26 Å². The number of rotatable bonds is 4. The minimum absolute atomic E-state index is 0.0147. The van der Waals surface area contributed by atoms with Crippen LogP contribution in [0.1, 0.15) is 29.6 Å². The van der Waals surface area contributed by atoms with Gasteiger partial charge in [-0.05, 0) is 37.3 Å². The summed E-state index contributed by atoms with van der Waals surface area (Å²) in [6.45, 7) is 0. The molecule has 2 rings (SSSR count). The summed E-state index contributed by atoms with van der Waals surface area (Å²) < 4.78 is 0. The number of thioether (sulfide) groups is 1. The Bertz CT molecular complexity index is 553. The molecule has 2 atom stereocenters. The predicted octanol–water partition coefficient (Wildman–Crippen LogP) is 3.44. The van der Waals surface area contributed by atoms with E-state index in [1.54, 1.807) is 11.8 Å². The van der Waals surface area contributed by atoms with Crippen molar-refractivity contribution >= 4 is 41.1 Å². The second kappa shape index (κ2) is 7.04. The number of carbonyl (C=O) groups is 2. The fraction of sp³-hybridized carbons (Fsp3) is 0.429. The van der Waals surface area contributed by atoms with Crippen molar-refractivity contribution in [2.75, 3.05) is 11.6 Å². The van der Waals surface area contributed by atoms with Crippen molar-refractivity contribution in [3.05, 3.63) is 28.8 Å². The molecule has 1 aliphatic rings. The van der Waals surface area contributed by atoms with E-state index in [1.165, 1.54) is 18.2 Å². The molecule has 5 nitrogen and oxygen atoms in total. The number of carbonyl (C=O) groups excluding carboxylic acids is 1. The van der Waals surface area contributed by atoms with E-state index >= 15 is 0 Å². The van der Waals surface area contributed by atoms with E-state index in [9.17, 15) is 9.59 Å². The van der Waals surface area contributed by atoms with Crippen molar-refractivity contribution in [2.24, 2.45) is 0 Å². The van der Waals surface area contributed by atoms with Crippen LogP contribution in [0, 0.1) is 0 Å². The van der Waals surface area contributed by atoms with Crippen LogP contribution in [0.15, 0.2) is 18.2 Å². The van der Waals surface area contributed by atoms with Gasteiger partial charge in [-0.2, -0.15) is 11.8 Å². The van der Waals surface area contributed by atoms with Crippen molar-refractivity contribution in [1.82, 2.24) is 5.32 Å². The Morgan fingerprint density at radius 2 is 2.14 bits per heavy atom. The molecule has 3 N–H and O–H groups in total. The average molecular weight is 329 g/mol. The third-order valence-corrected chi connectivity index (χ3v) is 5.01. The van der Waals surface area contributed by atoms with E-state index in [2.05, 4.69) is 10.6 Å². The molecule has 0 heterocycles. The first-order valence-electron chi connectivity index (χ1n) is 6.64. The van der Waals surface area contributed by atoms with Crippen molar-refractivity contribution in [1.29, 1.82) is 0 Å². The molecule has 114 valence electrons. The minimum atomic E-state index is -1.09. The van der Waals surface area contributed by atoms with Crippen molar-refractivity contribution in [3.63, 3.8) is 0 Å². The molecule has 2 unspecified atom stereocenters. The second-order valence-electron chi connectivity index (χ2n) is 4.91. The summed E-state index contributed by atoms with van der Waals surface area (Å²) in [6.07, 6.45) is 5.27. The van der Waals surface area contributed by atoms with E-state index in [-0.39, 0.29) is 22.7 Å². The molecule has 1 aromatic rings. The standard InChI is InChI=1S/C14H17ClN2O3S/c1-21-12-4-2-3-11(12)17-14(20)16-8-5-6-9(13(18)19)10(15)7-8/h5-7,11-12H,2-4H2,1H3,(H,18,19)(H2,16,17,20). The van der Waals surface area contributed by atoms with Gasteiger partial charge < -0.3 is 15.7 Å². The van der Waals surface area contributed by atoms with E-state index in [0.717, 1.165) is 19.3 Å². The summed E-state index contributed by atoms with van der Waals surface area (Å²) in [6, 6.07) is 4.22.